The summed E-state index contributed by atoms with van der Waals surface area (Å²) in [4.78, 5) is 0.882. The number of halogens is 4. The zero-order chi connectivity index (χ0) is 12.2. The van der Waals surface area contributed by atoms with Crippen molar-refractivity contribution in [3.05, 3.63) is 22.4 Å². The van der Waals surface area contributed by atoms with E-state index in [0.717, 1.165) is 4.88 Å². The minimum Gasteiger partial charge on any atom is -0.303 e. The lowest BCUT2D eigenvalue weighted by Crippen LogP contribution is -2.40. The first-order valence-electron chi connectivity index (χ1n) is 4.90. The molecule has 16 heavy (non-hydrogen) atoms. The van der Waals surface area contributed by atoms with Crippen molar-refractivity contribution in [3.8, 4) is 0 Å². The van der Waals surface area contributed by atoms with Crippen LogP contribution in [0.25, 0.3) is 0 Å². The van der Waals surface area contributed by atoms with E-state index in [1.807, 2.05) is 12.3 Å². The molecule has 0 spiro atoms. The van der Waals surface area contributed by atoms with Crippen LogP contribution in [0.1, 0.15) is 24.3 Å². The van der Waals surface area contributed by atoms with Gasteiger partial charge in [-0.25, -0.2) is 8.78 Å². The van der Waals surface area contributed by atoms with Crippen LogP contribution in [0.4, 0.5) is 17.6 Å². The molecule has 0 amide bonds. The van der Waals surface area contributed by atoms with Gasteiger partial charge in [-0.2, -0.15) is 8.78 Å². The number of nitrogens with one attached hydrogen (secondary N) is 1. The summed E-state index contributed by atoms with van der Waals surface area (Å²) in [7, 11) is 0. The average molecular weight is 255 g/mol. The Kier molecular flexibility index (Phi) is 4.73. The molecule has 1 rings (SSSR count). The molecule has 0 aliphatic heterocycles. The summed E-state index contributed by atoms with van der Waals surface area (Å²) < 4.78 is 49.2. The summed E-state index contributed by atoms with van der Waals surface area (Å²) >= 11 is 1.42. The number of thiophene rings is 1. The van der Waals surface area contributed by atoms with E-state index in [4.69, 9.17) is 0 Å². The van der Waals surface area contributed by atoms with Gasteiger partial charge in [0.25, 0.3) is 0 Å². The molecule has 1 aromatic rings. The summed E-state index contributed by atoms with van der Waals surface area (Å²) in [5.41, 5.74) is 0. The highest BCUT2D eigenvalue weighted by molar-refractivity contribution is 7.10. The number of rotatable bonds is 6. The minimum atomic E-state index is -3.97. The van der Waals surface area contributed by atoms with Crippen LogP contribution in [0, 0.1) is 0 Å². The maximum atomic E-state index is 12.7. The van der Waals surface area contributed by atoms with Crippen LogP contribution in [-0.2, 0) is 0 Å². The average Bonchev–Trinajstić information content (AvgIpc) is 2.71. The Morgan fingerprint density at radius 2 is 2.12 bits per heavy atom. The van der Waals surface area contributed by atoms with Gasteiger partial charge in [0.05, 0.1) is 6.54 Å². The second-order valence-corrected chi connectivity index (χ2v) is 4.40. The van der Waals surface area contributed by atoms with Crippen LogP contribution in [0.15, 0.2) is 17.5 Å². The van der Waals surface area contributed by atoms with E-state index in [2.05, 4.69) is 5.32 Å². The van der Waals surface area contributed by atoms with E-state index in [9.17, 15) is 17.6 Å². The van der Waals surface area contributed by atoms with Crippen molar-refractivity contribution in [1.29, 1.82) is 0 Å². The maximum Gasteiger partial charge on any atom is 0.319 e. The van der Waals surface area contributed by atoms with Crippen LogP contribution in [0.2, 0.25) is 0 Å². The minimum absolute atomic E-state index is 0.287. The molecule has 0 aliphatic carbocycles. The van der Waals surface area contributed by atoms with Crippen molar-refractivity contribution in [2.45, 2.75) is 31.7 Å². The van der Waals surface area contributed by atoms with Gasteiger partial charge in [-0.15, -0.1) is 11.3 Å². The molecule has 1 nitrogen and oxygen atoms in total. The molecule has 1 N–H and O–H groups in total. The molecule has 0 aromatic carbocycles. The Balaban J connectivity index is 2.53. The first-order chi connectivity index (χ1) is 7.47. The number of hydrogen-bond donors (Lipinski definition) is 1. The normalized spacial score (nSPS) is 14.4. The Morgan fingerprint density at radius 1 is 1.44 bits per heavy atom. The molecule has 0 saturated heterocycles. The standard InChI is InChI=1S/C10H13F4NS/c1-2-7(8-4-3-5-16-8)15-6-10(13,14)9(11)12/h3-5,7,9,15H,2,6H2,1H3. The lowest BCUT2D eigenvalue weighted by molar-refractivity contribution is -0.126. The molecule has 0 aliphatic rings. The Bertz CT molecular complexity index is 300. The smallest absolute Gasteiger partial charge is 0.303 e. The zero-order valence-corrected chi connectivity index (χ0v) is 9.54. The molecule has 1 heterocycles. The van der Waals surface area contributed by atoms with Gasteiger partial charge in [0.2, 0.25) is 0 Å². The maximum absolute atomic E-state index is 12.7. The van der Waals surface area contributed by atoms with Crippen LogP contribution in [0.5, 0.6) is 0 Å². The van der Waals surface area contributed by atoms with E-state index >= 15 is 0 Å². The number of alkyl halides is 4. The molecule has 92 valence electrons. The lowest BCUT2D eigenvalue weighted by Gasteiger charge is -2.20. The summed E-state index contributed by atoms with van der Waals surface area (Å²) in [6, 6.07) is 3.31. The molecule has 0 fully saturated rings. The zero-order valence-electron chi connectivity index (χ0n) is 8.72. The topological polar surface area (TPSA) is 12.0 Å². The molecular formula is C10H13F4NS. The van der Waals surface area contributed by atoms with Gasteiger partial charge >= 0.3 is 12.3 Å². The molecule has 0 radical (unpaired) electrons. The second kappa shape index (κ2) is 5.63. The predicted molar refractivity (Wildman–Crippen MR) is 56.3 cm³/mol. The van der Waals surface area contributed by atoms with Crippen molar-refractivity contribution in [2.24, 2.45) is 0 Å². The fraction of sp³-hybridized carbons (Fsp3) is 0.600. The third kappa shape index (κ3) is 3.45. The van der Waals surface area contributed by atoms with Gasteiger partial charge in [0.1, 0.15) is 0 Å². The van der Waals surface area contributed by atoms with Gasteiger partial charge in [0.15, 0.2) is 0 Å². The third-order valence-electron chi connectivity index (χ3n) is 2.20. The Morgan fingerprint density at radius 3 is 2.56 bits per heavy atom. The van der Waals surface area contributed by atoms with E-state index < -0.39 is 18.9 Å². The van der Waals surface area contributed by atoms with Crippen molar-refractivity contribution in [1.82, 2.24) is 5.32 Å². The van der Waals surface area contributed by atoms with Crippen molar-refractivity contribution < 1.29 is 17.6 Å². The molecule has 0 bridgehead atoms. The predicted octanol–water partition coefficient (Wildman–Crippen LogP) is 3.69. The monoisotopic (exact) mass is 255 g/mol. The quantitative estimate of drug-likeness (QED) is 0.764. The SMILES string of the molecule is CCC(NCC(F)(F)C(F)F)c1cccs1. The Labute approximate surface area is 95.5 Å². The fourth-order valence-electron chi connectivity index (χ4n) is 1.27. The highest BCUT2D eigenvalue weighted by atomic mass is 32.1. The third-order valence-corrected chi connectivity index (χ3v) is 3.18. The van der Waals surface area contributed by atoms with Gasteiger partial charge in [0, 0.05) is 10.9 Å². The first-order valence-corrected chi connectivity index (χ1v) is 5.78. The highest BCUT2D eigenvalue weighted by Crippen LogP contribution is 2.25. The van der Waals surface area contributed by atoms with Crippen molar-refractivity contribution >= 4 is 11.3 Å². The molecule has 0 saturated carbocycles. The first kappa shape index (κ1) is 13.4. The second-order valence-electron chi connectivity index (χ2n) is 3.42. The van der Waals surface area contributed by atoms with E-state index in [1.165, 1.54) is 11.3 Å². The summed E-state index contributed by atoms with van der Waals surface area (Å²) in [5.74, 6) is -3.97. The molecule has 1 unspecified atom stereocenters. The Hall–Kier alpha value is -0.620. The largest absolute Gasteiger partial charge is 0.319 e. The lowest BCUT2D eigenvalue weighted by atomic mass is 10.2. The van der Waals surface area contributed by atoms with Crippen LogP contribution in [0.3, 0.4) is 0 Å². The summed E-state index contributed by atoms with van der Waals surface area (Å²) in [6.45, 7) is 0.818. The van der Waals surface area contributed by atoms with Crippen LogP contribution in [-0.4, -0.2) is 18.9 Å². The highest BCUT2D eigenvalue weighted by Gasteiger charge is 2.40. The molecule has 1 atom stereocenters. The molecular weight excluding hydrogens is 242 g/mol. The van der Waals surface area contributed by atoms with Gasteiger partial charge in [-0.3, -0.25) is 0 Å². The molecule has 1 aromatic heterocycles. The van der Waals surface area contributed by atoms with E-state index in [1.54, 1.807) is 12.1 Å². The van der Waals surface area contributed by atoms with Gasteiger partial charge < -0.3 is 5.32 Å². The fourth-order valence-corrected chi connectivity index (χ4v) is 2.16. The van der Waals surface area contributed by atoms with E-state index in [0.29, 0.717) is 6.42 Å². The van der Waals surface area contributed by atoms with Gasteiger partial charge in [-0.1, -0.05) is 13.0 Å². The van der Waals surface area contributed by atoms with Crippen molar-refractivity contribution in [2.75, 3.05) is 6.54 Å². The number of hydrogen-bond acceptors (Lipinski definition) is 2. The van der Waals surface area contributed by atoms with Crippen LogP contribution >= 0.6 is 11.3 Å². The van der Waals surface area contributed by atoms with Gasteiger partial charge in [-0.05, 0) is 17.9 Å². The van der Waals surface area contributed by atoms with Crippen LogP contribution < -0.4 is 5.32 Å². The van der Waals surface area contributed by atoms with Crippen molar-refractivity contribution in [3.63, 3.8) is 0 Å². The van der Waals surface area contributed by atoms with E-state index in [-0.39, 0.29) is 6.04 Å². The summed E-state index contributed by atoms with van der Waals surface area (Å²) in [5, 5.41) is 4.30. The summed E-state index contributed by atoms with van der Waals surface area (Å²) in [6.07, 6.45) is -3.04. The molecule has 6 heteroatoms.